The van der Waals surface area contributed by atoms with E-state index >= 15 is 0 Å². The zero-order valence-corrected chi connectivity index (χ0v) is 18.0. The SMILES string of the molecule is CC(C(=O)Nc1ccn(CC(C)(C)O)n1)n1ncc(Oc2ccccc2C(F)(F)F)cc1=O. The van der Waals surface area contributed by atoms with Gasteiger partial charge in [0.05, 0.1) is 23.9 Å². The lowest BCUT2D eigenvalue weighted by Gasteiger charge is -2.16. The molecule has 2 N–H and O–H groups in total. The highest BCUT2D eigenvalue weighted by molar-refractivity contribution is 5.92. The topological polar surface area (TPSA) is 111 Å². The number of aromatic nitrogens is 4. The summed E-state index contributed by atoms with van der Waals surface area (Å²) in [6.07, 6.45) is -2.00. The zero-order valence-electron chi connectivity index (χ0n) is 18.0. The Morgan fingerprint density at radius 2 is 1.94 bits per heavy atom. The Hall–Kier alpha value is -3.67. The van der Waals surface area contributed by atoms with E-state index in [0.717, 1.165) is 29.1 Å². The average Bonchev–Trinajstić information content (AvgIpc) is 3.12. The van der Waals surface area contributed by atoms with Gasteiger partial charge in [0.15, 0.2) is 11.6 Å². The molecule has 0 saturated carbocycles. The van der Waals surface area contributed by atoms with Crippen molar-refractivity contribution in [3.63, 3.8) is 0 Å². The number of halogens is 3. The fraction of sp³-hybridized carbons (Fsp3) is 0.333. The number of aliphatic hydroxyl groups is 1. The molecule has 3 aromatic rings. The number of amides is 1. The summed E-state index contributed by atoms with van der Waals surface area (Å²) >= 11 is 0. The summed E-state index contributed by atoms with van der Waals surface area (Å²) in [5.41, 5.74) is -2.74. The molecular weight excluding hydrogens is 443 g/mol. The molecule has 12 heteroatoms. The number of benzene rings is 1. The summed E-state index contributed by atoms with van der Waals surface area (Å²) < 4.78 is 46.9. The Morgan fingerprint density at radius 1 is 1.24 bits per heavy atom. The number of alkyl halides is 3. The second-order valence-corrected chi connectivity index (χ2v) is 7.95. The summed E-state index contributed by atoms with van der Waals surface area (Å²) in [5, 5.41) is 20.4. The van der Waals surface area contributed by atoms with Crippen LogP contribution in [0.3, 0.4) is 0 Å². The van der Waals surface area contributed by atoms with Crippen molar-refractivity contribution in [2.24, 2.45) is 0 Å². The molecule has 9 nitrogen and oxygen atoms in total. The van der Waals surface area contributed by atoms with Crippen molar-refractivity contribution in [1.82, 2.24) is 19.6 Å². The summed E-state index contributed by atoms with van der Waals surface area (Å²) in [6, 6.07) is 6.01. The van der Waals surface area contributed by atoms with Crippen LogP contribution in [0.5, 0.6) is 11.5 Å². The van der Waals surface area contributed by atoms with E-state index in [-0.39, 0.29) is 18.1 Å². The molecule has 1 unspecified atom stereocenters. The summed E-state index contributed by atoms with van der Waals surface area (Å²) in [7, 11) is 0. The maximum Gasteiger partial charge on any atom is 0.419 e. The highest BCUT2D eigenvalue weighted by atomic mass is 19.4. The highest BCUT2D eigenvalue weighted by Crippen LogP contribution is 2.37. The third kappa shape index (κ3) is 6.19. The lowest BCUT2D eigenvalue weighted by atomic mass is 10.1. The van der Waals surface area contributed by atoms with Crippen LogP contribution >= 0.6 is 0 Å². The number of rotatable bonds is 7. The molecule has 0 aliphatic rings. The van der Waals surface area contributed by atoms with Crippen LogP contribution in [-0.4, -0.2) is 36.2 Å². The molecule has 3 rings (SSSR count). The molecule has 176 valence electrons. The number of nitrogens with one attached hydrogen (secondary N) is 1. The summed E-state index contributed by atoms with van der Waals surface area (Å²) in [6.45, 7) is 4.86. The van der Waals surface area contributed by atoms with E-state index in [1.807, 2.05) is 0 Å². The zero-order chi connectivity index (χ0) is 24.4. The van der Waals surface area contributed by atoms with Crippen molar-refractivity contribution >= 4 is 11.7 Å². The van der Waals surface area contributed by atoms with Gasteiger partial charge in [-0.05, 0) is 32.9 Å². The first-order valence-electron chi connectivity index (χ1n) is 9.83. The van der Waals surface area contributed by atoms with Gasteiger partial charge in [0.1, 0.15) is 11.8 Å². The van der Waals surface area contributed by atoms with E-state index in [9.17, 15) is 27.9 Å². The van der Waals surface area contributed by atoms with Gasteiger partial charge in [-0.3, -0.25) is 14.3 Å². The number of hydrogen-bond donors (Lipinski definition) is 2. The van der Waals surface area contributed by atoms with Gasteiger partial charge in [0, 0.05) is 18.3 Å². The molecule has 0 spiro atoms. The molecule has 0 radical (unpaired) electrons. The monoisotopic (exact) mass is 465 g/mol. The van der Waals surface area contributed by atoms with E-state index in [2.05, 4.69) is 15.5 Å². The molecule has 0 fully saturated rings. The van der Waals surface area contributed by atoms with Crippen molar-refractivity contribution in [3.8, 4) is 11.5 Å². The van der Waals surface area contributed by atoms with Gasteiger partial charge in [-0.2, -0.15) is 23.4 Å². The normalized spacial score (nSPS) is 12.9. The fourth-order valence-corrected chi connectivity index (χ4v) is 2.92. The Labute approximate surface area is 186 Å². The maximum absolute atomic E-state index is 13.1. The van der Waals surface area contributed by atoms with Gasteiger partial charge in [-0.25, -0.2) is 4.68 Å². The third-order valence-electron chi connectivity index (χ3n) is 4.41. The van der Waals surface area contributed by atoms with Crippen LogP contribution in [0, 0.1) is 0 Å². The number of para-hydroxylation sites is 1. The predicted octanol–water partition coefficient (Wildman–Crippen LogP) is 3.22. The molecule has 1 atom stereocenters. The summed E-state index contributed by atoms with van der Waals surface area (Å²) in [5.74, 6) is -1.05. The Morgan fingerprint density at radius 3 is 2.58 bits per heavy atom. The van der Waals surface area contributed by atoms with Crippen LogP contribution in [0.2, 0.25) is 0 Å². The summed E-state index contributed by atoms with van der Waals surface area (Å²) in [4.78, 5) is 25.0. The minimum atomic E-state index is -4.63. The molecule has 0 saturated heterocycles. The van der Waals surface area contributed by atoms with Crippen molar-refractivity contribution < 1.29 is 27.8 Å². The van der Waals surface area contributed by atoms with Crippen molar-refractivity contribution in [2.45, 2.75) is 45.1 Å². The molecule has 0 bridgehead atoms. The van der Waals surface area contributed by atoms with Gasteiger partial charge in [-0.15, -0.1) is 0 Å². The van der Waals surface area contributed by atoms with E-state index < -0.39 is 40.6 Å². The Bertz CT molecular complexity index is 1200. The molecule has 0 aliphatic carbocycles. The van der Waals surface area contributed by atoms with Gasteiger partial charge in [0.2, 0.25) is 5.91 Å². The quantitative estimate of drug-likeness (QED) is 0.554. The van der Waals surface area contributed by atoms with Gasteiger partial charge in [0.25, 0.3) is 5.56 Å². The smallest absolute Gasteiger partial charge is 0.419 e. The highest BCUT2D eigenvalue weighted by Gasteiger charge is 2.34. The van der Waals surface area contributed by atoms with Crippen LogP contribution in [0.4, 0.5) is 19.0 Å². The maximum atomic E-state index is 13.1. The van der Waals surface area contributed by atoms with E-state index in [4.69, 9.17) is 4.74 Å². The Kier molecular flexibility index (Phi) is 6.58. The Balaban J connectivity index is 1.72. The molecule has 0 aliphatic heterocycles. The van der Waals surface area contributed by atoms with E-state index in [1.165, 1.54) is 29.8 Å². The number of carbonyl (C=O) groups excluding carboxylic acids is 1. The van der Waals surface area contributed by atoms with Crippen molar-refractivity contribution in [2.75, 3.05) is 5.32 Å². The standard InChI is InChI=1S/C21H22F3N5O4/c1-13(19(31)26-17-8-9-28(27-17)12-20(2,3)32)29-18(30)10-14(11-25-29)33-16-7-5-4-6-15(16)21(22,23)24/h4-11,13,32H,12H2,1-3H3,(H,26,27,31). The molecule has 1 amide bonds. The van der Waals surface area contributed by atoms with E-state index in [0.29, 0.717) is 0 Å². The minimum absolute atomic E-state index is 0.203. The fourth-order valence-electron chi connectivity index (χ4n) is 2.92. The number of anilines is 1. The molecule has 1 aromatic carbocycles. The number of hydrogen-bond acceptors (Lipinski definition) is 6. The third-order valence-corrected chi connectivity index (χ3v) is 4.41. The van der Waals surface area contributed by atoms with E-state index in [1.54, 1.807) is 20.0 Å². The second-order valence-electron chi connectivity index (χ2n) is 7.95. The predicted molar refractivity (Wildman–Crippen MR) is 112 cm³/mol. The molecule has 2 aromatic heterocycles. The lowest BCUT2D eigenvalue weighted by Crippen LogP contribution is -2.33. The van der Waals surface area contributed by atoms with Crippen molar-refractivity contribution in [3.05, 3.63) is 64.7 Å². The van der Waals surface area contributed by atoms with Gasteiger partial charge < -0.3 is 15.2 Å². The number of ether oxygens (including phenoxy) is 1. The van der Waals surface area contributed by atoms with Gasteiger partial charge in [-0.1, -0.05) is 12.1 Å². The van der Waals surface area contributed by atoms with Crippen LogP contribution < -0.4 is 15.6 Å². The first-order valence-corrected chi connectivity index (χ1v) is 9.83. The van der Waals surface area contributed by atoms with Crippen LogP contribution in [0.25, 0.3) is 0 Å². The first-order chi connectivity index (χ1) is 15.3. The van der Waals surface area contributed by atoms with Gasteiger partial charge >= 0.3 is 6.18 Å². The van der Waals surface area contributed by atoms with Crippen LogP contribution in [0.1, 0.15) is 32.4 Å². The molecule has 2 heterocycles. The lowest BCUT2D eigenvalue weighted by molar-refractivity contribution is -0.138. The first kappa shape index (κ1) is 24.0. The molecule has 33 heavy (non-hydrogen) atoms. The van der Waals surface area contributed by atoms with Crippen LogP contribution in [-0.2, 0) is 17.5 Å². The van der Waals surface area contributed by atoms with Crippen molar-refractivity contribution in [1.29, 1.82) is 0 Å². The van der Waals surface area contributed by atoms with Crippen LogP contribution in [0.15, 0.2) is 53.6 Å². The second kappa shape index (κ2) is 9.06. The average molecular weight is 465 g/mol. The minimum Gasteiger partial charge on any atom is -0.455 e. The number of carbonyl (C=O) groups is 1. The molecular formula is C21H22F3N5O4. The number of nitrogens with zero attached hydrogens (tertiary/aromatic N) is 4. The largest absolute Gasteiger partial charge is 0.455 e.